The molecular formula is C10H7NO7S2-2. The Labute approximate surface area is 114 Å². The molecule has 0 aliphatic carbocycles. The zero-order valence-electron chi connectivity index (χ0n) is 9.60. The van der Waals surface area contributed by atoms with E-state index in [9.17, 15) is 31.0 Å². The molecule has 10 heteroatoms. The van der Waals surface area contributed by atoms with Crippen molar-refractivity contribution in [3.05, 3.63) is 24.3 Å². The topological polar surface area (TPSA) is 161 Å². The summed E-state index contributed by atoms with van der Waals surface area (Å²) in [5.74, 6) is -0.708. The Morgan fingerprint density at radius 3 is 2.10 bits per heavy atom. The van der Waals surface area contributed by atoms with Crippen molar-refractivity contribution in [1.82, 2.24) is 0 Å². The van der Waals surface area contributed by atoms with Crippen molar-refractivity contribution in [1.29, 1.82) is 0 Å². The van der Waals surface area contributed by atoms with Gasteiger partial charge < -0.3 is 19.9 Å². The minimum atomic E-state index is -4.94. The number of nitrogen functional groups attached to an aromatic ring is 1. The first-order chi connectivity index (χ1) is 9.01. The molecule has 8 nitrogen and oxygen atoms in total. The summed E-state index contributed by atoms with van der Waals surface area (Å²) in [6, 6.07) is 3.29. The van der Waals surface area contributed by atoms with E-state index in [1.807, 2.05) is 0 Å². The van der Waals surface area contributed by atoms with Crippen LogP contribution in [0.5, 0.6) is 5.75 Å². The summed E-state index contributed by atoms with van der Waals surface area (Å²) in [5.41, 5.74) is 5.47. The highest BCUT2D eigenvalue weighted by atomic mass is 32.2. The summed E-state index contributed by atoms with van der Waals surface area (Å²) in [6.07, 6.45) is 0. The fourth-order valence-corrected chi connectivity index (χ4v) is 2.98. The first-order valence-corrected chi connectivity index (χ1v) is 7.80. The predicted molar refractivity (Wildman–Crippen MR) is 66.0 cm³/mol. The zero-order valence-corrected chi connectivity index (χ0v) is 11.2. The molecular weight excluding hydrogens is 310 g/mol. The average Bonchev–Trinajstić information content (AvgIpc) is 2.25. The molecule has 0 aromatic heterocycles. The number of phenols is 1. The molecule has 0 heterocycles. The number of fused-ring (bicyclic) bond motifs is 1. The van der Waals surface area contributed by atoms with Gasteiger partial charge in [-0.25, -0.2) is 16.8 Å². The summed E-state index contributed by atoms with van der Waals surface area (Å²) >= 11 is 0. The monoisotopic (exact) mass is 317 g/mol. The van der Waals surface area contributed by atoms with Gasteiger partial charge in [0.05, 0.1) is 9.79 Å². The number of phenolic OH excluding ortho intramolecular Hbond substituents is 1. The highest BCUT2D eigenvalue weighted by Crippen LogP contribution is 2.36. The third-order valence-electron chi connectivity index (χ3n) is 2.62. The largest absolute Gasteiger partial charge is 0.744 e. The van der Waals surface area contributed by atoms with Crippen LogP contribution < -0.4 is 5.73 Å². The van der Waals surface area contributed by atoms with E-state index in [2.05, 4.69) is 0 Å². The fourth-order valence-electron chi connectivity index (χ4n) is 1.80. The van der Waals surface area contributed by atoms with Crippen molar-refractivity contribution in [2.24, 2.45) is 0 Å². The van der Waals surface area contributed by atoms with Gasteiger partial charge in [-0.15, -0.1) is 0 Å². The molecule has 0 unspecified atom stereocenters. The molecule has 0 radical (unpaired) electrons. The molecule has 20 heavy (non-hydrogen) atoms. The van der Waals surface area contributed by atoms with E-state index in [1.165, 1.54) is 0 Å². The predicted octanol–water partition coefficient (Wildman–Crippen LogP) is -0.0642. The van der Waals surface area contributed by atoms with E-state index in [0.717, 1.165) is 12.1 Å². The zero-order chi connectivity index (χ0) is 15.3. The maximum atomic E-state index is 11.1. The Bertz CT molecular complexity index is 916. The molecule has 3 N–H and O–H groups in total. The van der Waals surface area contributed by atoms with Gasteiger partial charge in [-0.05, 0) is 24.3 Å². The van der Waals surface area contributed by atoms with Gasteiger partial charge >= 0.3 is 0 Å². The van der Waals surface area contributed by atoms with Crippen LogP contribution in [-0.4, -0.2) is 31.0 Å². The lowest BCUT2D eigenvalue weighted by atomic mass is 10.1. The molecule has 0 spiro atoms. The molecule has 0 saturated heterocycles. The molecule has 2 aromatic rings. The maximum absolute atomic E-state index is 11.1. The Balaban J connectivity index is 3.08. The Kier molecular flexibility index (Phi) is 3.13. The van der Waals surface area contributed by atoms with E-state index < -0.39 is 41.2 Å². The average molecular weight is 317 g/mol. The van der Waals surface area contributed by atoms with Crippen molar-refractivity contribution in [2.45, 2.75) is 9.79 Å². The number of hydrogen-bond acceptors (Lipinski definition) is 8. The summed E-state index contributed by atoms with van der Waals surface area (Å²) in [7, 11) is -9.88. The quantitative estimate of drug-likeness (QED) is 0.575. The first-order valence-electron chi connectivity index (χ1n) is 4.99. The molecule has 0 aliphatic rings. The second kappa shape index (κ2) is 4.31. The van der Waals surface area contributed by atoms with Crippen LogP contribution in [0.3, 0.4) is 0 Å². The molecule has 0 saturated carbocycles. The summed E-state index contributed by atoms with van der Waals surface area (Å²) in [5, 5.41) is 9.07. The van der Waals surface area contributed by atoms with Crippen LogP contribution in [0.15, 0.2) is 34.1 Å². The van der Waals surface area contributed by atoms with Gasteiger partial charge in [-0.1, -0.05) is 0 Å². The van der Waals surface area contributed by atoms with Crippen LogP contribution in [-0.2, 0) is 20.2 Å². The lowest BCUT2D eigenvalue weighted by molar-refractivity contribution is 0.456. The molecule has 0 bridgehead atoms. The minimum Gasteiger partial charge on any atom is -0.744 e. The second-order valence-corrected chi connectivity index (χ2v) is 6.65. The fraction of sp³-hybridized carbons (Fsp3) is 0. The summed E-state index contributed by atoms with van der Waals surface area (Å²) in [4.78, 5) is -1.64. The van der Waals surface area contributed by atoms with Crippen molar-refractivity contribution < 1.29 is 31.0 Å². The van der Waals surface area contributed by atoms with Gasteiger partial charge in [0, 0.05) is 16.5 Å². The number of rotatable bonds is 2. The van der Waals surface area contributed by atoms with Gasteiger partial charge in [0.1, 0.15) is 26.0 Å². The second-order valence-electron chi connectivity index (χ2n) is 3.93. The summed E-state index contributed by atoms with van der Waals surface area (Å²) in [6.45, 7) is 0. The molecule has 0 atom stereocenters. The Morgan fingerprint density at radius 1 is 1.00 bits per heavy atom. The Hall–Kier alpha value is -1.88. The van der Waals surface area contributed by atoms with Crippen molar-refractivity contribution in [3.8, 4) is 5.75 Å². The smallest absolute Gasteiger partial charge is 0.126 e. The lowest BCUT2D eigenvalue weighted by Crippen LogP contribution is -2.03. The van der Waals surface area contributed by atoms with Gasteiger partial charge in [0.25, 0.3) is 0 Å². The number of hydrogen-bond donors (Lipinski definition) is 2. The van der Waals surface area contributed by atoms with E-state index in [0.29, 0.717) is 12.1 Å². The van der Waals surface area contributed by atoms with Gasteiger partial charge in [-0.2, -0.15) is 0 Å². The molecule has 0 aliphatic heterocycles. The van der Waals surface area contributed by atoms with Crippen LogP contribution >= 0.6 is 0 Å². The number of anilines is 1. The van der Waals surface area contributed by atoms with Gasteiger partial charge in [0.2, 0.25) is 0 Å². The van der Waals surface area contributed by atoms with Crippen LogP contribution in [0.4, 0.5) is 5.69 Å². The highest BCUT2D eigenvalue weighted by Gasteiger charge is 2.16. The maximum Gasteiger partial charge on any atom is 0.126 e. The van der Waals surface area contributed by atoms with Gasteiger partial charge in [-0.3, -0.25) is 0 Å². The van der Waals surface area contributed by atoms with Crippen molar-refractivity contribution in [2.75, 3.05) is 5.73 Å². The normalized spacial score (nSPS) is 12.7. The molecule has 0 fully saturated rings. The highest BCUT2D eigenvalue weighted by molar-refractivity contribution is 7.86. The first kappa shape index (κ1) is 14.5. The molecule has 2 rings (SSSR count). The van der Waals surface area contributed by atoms with Crippen LogP contribution in [0.2, 0.25) is 0 Å². The van der Waals surface area contributed by atoms with E-state index in [4.69, 9.17) is 5.73 Å². The van der Waals surface area contributed by atoms with E-state index >= 15 is 0 Å². The molecule has 108 valence electrons. The SMILES string of the molecule is Nc1ccc(S(=O)(=O)[O-])c2cc(S(=O)(=O)[O-])cc(O)c12. The lowest BCUT2D eigenvalue weighted by Gasteiger charge is -2.15. The van der Waals surface area contributed by atoms with Crippen molar-refractivity contribution in [3.63, 3.8) is 0 Å². The number of aromatic hydroxyl groups is 1. The summed E-state index contributed by atoms with van der Waals surface area (Å²) < 4.78 is 66.2. The van der Waals surface area contributed by atoms with Crippen LogP contribution in [0.25, 0.3) is 10.8 Å². The number of nitrogens with two attached hydrogens (primary N) is 1. The van der Waals surface area contributed by atoms with Crippen molar-refractivity contribution >= 4 is 36.7 Å². The Morgan fingerprint density at radius 2 is 1.60 bits per heavy atom. The van der Waals surface area contributed by atoms with Crippen LogP contribution in [0, 0.1) is 0 Å². The third-order valence-corrected chi connectivity index (χ3v) is 4.33. The van der Waals surface area contributed by atoms with E-state index in [-0.39, 0.29) is 11.1 Å². The molecule has 2 aromatic carbocycles. The van der Waals surface area contributed by atoms with Crippen LogP contribution in [0.1, 0.15) is 0 Å². The van der Waals surface area contributed by atoms with Gasteiger partial charge in [0.15, 0.2) is 0 Å². The standard InChI is InChI=1S/C10H9NO7S2/c11-7-1-2-9(20(16,17)18)6-3-5(19(13,14)15)4-8(12)10(6)7/h1-4,12H,11H2,(H,13,14,15)(H,16,17,18)/p-2. The minimum absolute atomic E-state index is 0.0697. The number of benzene rings is 2. The molecule has 0 amide bonds. The third kappa shape index (κ3) is 2.41. The van der Waals surface area contributed by atoms with E-state index in [1.54, 1.807) is 0 Å².